The van der Waals surface area contributed by atoms with Crippen molar-refractivity contribution >= 4 is 34.2 Å². The fourth-order valence-corrected chi connectivity index (χ4v) is 2.55. The predicted octanol–water partition coefficient (Wildman–Crippen LogP) is 2.90. The molecule has 1 atom stereocenters. The predicted molar refractivity (Wildman–Crippen MR) is 87.2 cm³/mol. The van der Waals surface area contributed by atoms with Gasteiger partial charge in [0, 0.05) is 39.8 Å². The van der Waals surface area contributed by atoms with Gasteiger partial charge in [-0.15, -0.1) is 23.8 Å². The number of benzene rings is 1. The molecule has 0 spiro atoms. The van der Waals surface area contributed by atoms with Gasteiger partial charge < -0.3 is 9.64 Å². The molecule has 21 heavy (non-hydrogen) atoms. The van der Waals surface area contributed by atoms with E-state index in [0.29, 0.717) is 13.0 Å². The molecule has 1 radical (unpaired) electrons. The molecular formula is C16H15INO2Y-. The van der Waals surface area contributed by atoms with Crippen molar-refractivity contribution in [3.8, 4) is 17.6 Å². The summed E-state index contributed by atoms with van der Waals surface area (Å²) in [6, 6.07) is 7.65. The van der Waals surface area contributed by atoms with Gasteiger partial charge in [-0.1, -0.05) is 34.9 Å². The molecule has 0 saturated heterocycles. The number of ether oxygens (including phenoxy) is 1. The summed E-state index contributed by atoms with van der Waals surface area (Å²) in [5.74, 6) is 6.53. The molecule has 0 saturated carbocycles. The summed E-state index contributed by atoms with van der Waals surface area (Å²) in [6.45, 7) is 2.17. The van der Waals surface area contributed by atoms with E-state index in [0.717, 1.165) is 17.0 Å². The number of nitrogens with zero attached hydrogens (tertiary/aromatic N) is 1. The second kappa shape index (κ2) is 8.92. The molecule has 0 fully saturated rings. The summed E-state index contributed by atoms with van der Waals surface area (Å²) in [7, 11) is 1.79. The average Bonchev–Trinajstić information content (AvgIpc) is 2.46. The molecule has 0 bridgehead atoms. The smallest absolute Gasteiger partial charge is 0.235 e. The van der Waals surface area contributed by atoms with Gasteiger partial charge in [-0.3, -0.25) is 4.79 Å². The summed E-state index contributed by atoms with van der Waals surface area (Å²) >= 11 is 2.15. The fourth-order valence-electron chi connectivity index (χ4n) is 1.91. The van der Waals surface area contributed by atoms with Crippen LogP contribution in [0.25, 0.3) is 5.70 Å². The third-order valence-corrected chi connectivity index (χ3v) is 3.97. The van der Waals surface area contributed by atoms with Crippen molar-refractivity contribution in [3.05, 3.63) is 35.9 Å². The molecule has 5 heteroatoms. The van der Waals surface area contributed by atoms with Crippen LogP contribution in [0.3, 0.4) is 0 Å². The van der Waals surface area contributed by atoms with Gasteiger partial charge in [-0.2, -0.15) is 5.56 Å². The molecule has 0 aromatic heterocycles. The number of hydrogen-bond donors (Lipinski definition) is 0. The van der Waals surface area contributed by atoms with E-state index in [1.807, 2.05) is 24.3 Å². The van der Waals surface area contributed by atoms with E-state index in [1.165, 1.54) is 0 Å². The van der Waals surface area contributed by atoms with Crippen molar-refractivity contribution in [3.63, 3.8) is 0 Å². The van der Waals surface area contributed by atoms with Crippen LogP contribution in [-0.4, -0.2) is 28.4 Å². The van der Waals surface area contributed by atoms with E-state index in [2.05, 4.69) is 40.5 Å². The second-order valence-corrected chi connectivity index (χ2v) is 5.84. The van der Waals surface area contributed by atoms with Crippen LogP contribution >= 0.6 is 22.6 Å². The SMILES string of the molecule is CC#CCOc1ccc(C2=[C-]CC(I)C(=O)N2C)cc1.[Y]. The molecule has 1 aliphatic heterocycles. The molecule has 107 valence electrons. The van der Waals surface area contributed by atoms with Crippen LogP contribution in [0.2, 0.25) is 0 Å². The second-order valence-electron chi connectivity index (χ2n) is 4.33. The Morgan fingerprint density at radius 1 is 1.43 bits per heavy atom. The van der Waals surface area contributed by atoms with E-state index in [9.17, 15) is 4.79 Å². The molecule has 1 aliphatic rings. The molecule has 3 nitrogen and oxygen atoms in total. The van der Waals surface area contributed by atoms with Gasteiger partial charge >= 0.3 is 0 Å². The Bertz CT molecular complexity index is 587. The maximum absolute atomic E-state index is 12.0. The van der Waals surface area contributed by atoms with Gasteiger partial charge in [0.1, 0.15) is 12.4 Å². The minimum absolute atomic E-state index is 0. The van der Waals surface area contributed by atoms with Gasteiger partial charge in [0.2, 0.25) is 5.91 Å². The van der Waals surface area contributed by atoms with Crippen molar-refractivity contribution in [2.24, 2.45) is 0 Å². The van der Waals surface area contributed by atoms with E-state index in [4.69, 9.17) is 4.74 Å². The number of hydrogen-bond acceptors (Lipinski definition) is 2. The minimum atomic E-state index is -0.0171. The zero-order valence-electron chi connectivity index (χ0n) is 12.0. The van der Waals surface area contributed by atoms with E-state index in [-0.39, 0.29) is 42.5 Å². The largest absolute Gasteiger partial charge is 0.481 e. The van der Waals surface area contributed by atoms with Crippen LogP contribution in [0.4, 0.5) is 0 Å². The molecule has 1 heterocycles. The quantitative estimate of drug-likeness (QED) is 0.295. The van der Waals surface area contributed by atoms with Crippen LogP contribution < -0.4 is 4.74 Å². The van der Waals surface area contributed by atoms with E-state index >= 15 is 0 Å². The number of amides is 1. The first kappa shape index (κ1) is 18.7. The van der Waals surface area contributed by atoms with Crippen molar-refractivity contribution in [1.29, 1.82) is 0 Å². The molecule has 1 unspecified atom stereocenters. The Morgan fingerprint density at radius 3 is 2.71 bits per heavy atom. The molecule has 1 aromatic rings. The van der Waals surface area contributed by atoms with Gasteiger partial charge in [0.25, 0.3) is 0 Å². The third-order valence-electron chi connectivity index (χ3n) is 3.00. The Labute approximate surface area is 164 Å². The number of halogens is 1. The van der Waals surface area contributed by atoms with Gasteiger partial charge in [-0.25, -0.2) is 6.08 Å². The zero-order chi connectivity index (χ0) is 14.5. The molecular weight excluding hydrogens is 454 g/mol. The normalized spacial score (nSPS) is 17.3. The maximum atomic E-state index is 12.0. The monoisotopic (exact) mass is 469 g/mol. The number of carbonyl (C=O) groups excluding carboxylic acids is 1. The van der Waals surface area contributed by atoms with Crippen molar-refractivity contribution in [2.45, 2.75) is 17.3 Å². The minimum Gasteiger partial charge on any atom is -0.481 e. The van der Waals surface area contributed by atoms with E-state index < -0.39 is 0 Å². The first-order chi connectivity index (χ1) is 9.63. The Hall–Kier alpha value is -0.376. The Morgan fingerprint density at radius 2 is 2.10 bits per heavy atom. The van der Waals surface area contributed by atoms with Crippen molar-refractivity contribution in [2.75, 3.05) is 13.7 Å². The van der Waals surface area contributed by atoms with Gasteiger partial charge in [0.05, 0.1) is 3.92 Å². The number of allylic oxidation sites excluding steroid dienone is 1. The zero-order valence-corrected chi connectivity index (χ0v) is 17.0. The van der Waals surface area contributed by atoms with Crippen LogP contribution in [-0.2, 0) is 37.5 Å². The van der Waals surface area contributed by atoms with Crippen LogP contribution in [0.1, 0.15) is 18.9 Å². The summed E-state index contributed by atoms with van der Waals surface area (Å²) in [6.07, 6.45) is 3.94. The summed E-state index contributed by atoms with van der Waals surface area (Å²) < 4.78 is 5.45. The molecule has 1 aromatic carbocycles. The number of alkyl halides is 1. The first-order valence-corrected chi connectivity index (χ1v) is 7.53. The number of carbonyl (C=O) groups is 1. The molecule has 0 aliphatic carbocycles. The van der Waals surface area contributed by atoms with E-state index in [1.54, 1.807) is 18.9 Å². The third kappa shape index (κ3) is 4.80. The Balaban J connectivity index is 0.00000220. The standard InChI is InChI=1S/C16H15INO2.Y/c1-3-4-11-20-13-7-5-12(6-8-13)15-10-9-14(17)16(19)18(15)2;/h5-8,14H,9,11H2,1-2H3;/q-1;. The first-order valence-electron chi connectivity index (χ1n) is 6.28. The summed E-state index contributed by atoms with van der Waals surface area (Å²) in [5, 5.41) is 0. The topological polar surface area (TPSA) is 29.5 Å². The fraction of sp³-hybridized carbons (Fsp3) is 0.312. The molecule has 0 N–H and O–H groups in total. The molecule has 1 amide bonds. The molecule has 2 rings (SSSR count). The van der Waals surface area contributed by atoms with Gasteiger partial charge in [0.15, 0.2) is 0 Å². The van der Waals surface area contributed by atoms with Crippen LogP contribution in [0, 0.1) is 17.9 Å². The maximum Gasteiger partial charge on any atom is 0.235 e. The van der Waals surface area contributed by atoms with Gasteiger partial charge in [-0.05, 0) is 19.1 Å². The summed E-state index contributed by atoms with van der Waals surface area (Å²) in [5.41, 5.74) is 1.81. The van der Waals surface area contributed by atoms with Crippen LogP contribution in [0.15, 0.2) is 24.3 Å². The number of rotatable bonds is 3. The van der Waals surface area contributed by atoms with Crippen LogP contribution in [0.5, 0.6) is 5.75 Å². The Kier molecular flexibility index (Phi) is 7.93. The van der Waals surface area contributed by atoms with Crippen molar-refractivity contribution in [1.82, 2.24) is 4.90 Å². The average molecular weight is 469 g/mol. The van der Waals surface area contributed by atoms with Crippen molar-refractivity contribution < 1.29 is 42.2 Å². The summed E-state index contributed by atoms with van der Waals surface area (Å²) in [4.78, 5) is 13.6.